The zero-order valence-corrected chi connectivity index (χ0v) is 33.9. The van der Waals surface area contributed by atoms with Crippen molar-refractivity contribution in [2.45, 2.75) is 40.5 Å². The first kappa shape index (κ1) is 40.0. The lowest BCUT2D eigenvalue weighted by atomic mass is 9.91. The van der Waals surface area contributed by atoms with Gasteiger partial charge in [0.15, 0.2) is 0 Å². The van der Waals surface area contributed by atoms with Crippen molar-refractivity contribution in [1.82, 2.24) is 0 Å². The lowest BCUT2D eigenvalue weighted by Gasteiger charge is -2.26. The van der Waals surface area contributed by atoms with E-state index in [0.29, 0.717) is 0 Å². The Morgan fingerprint density at radius 3 is 1.95 bits per heavy atom. The van der Waals surface area contributed by atoms with Gasteiger partial charge in [0, 0.05) is 17.1 Å². The first-order chi connectivity index (χ1) is 27.8. The summed E-state index contributed by atoms with van der Waals surface area (Å²) in [5.41, 5.74) is 18.5. The Labute approximate surface area is 341 Å². The fraction of sp³-hybridized carbons (Fsp3) is 0.107. The molecule has 0 N–H and O–H groups in total. The van der Waals surface area contributed by atoms with Crippen LogP contribution in [0.2, 0.25) is 0 Å². The molecule has 0 heterocycles. The Morgan fingerprint density at radius 2 is 1.30 bits per heavy atom. The number of hydrogen-bond acceptors (Lipinski definition) is 1. The summed E-state index contributed by atoms with van der Waals surface area (Å²) in [6, 6.07) is 50.3. The maximum Gasteiger partial charge on any atom is 0.0461 e. The molecule has 1 heteroatoms. The molecule has 0 radical (unpaired) electrons. The topological polar surface area (TPSA) is 3.24 Å². The lowest BCUT2D eigenvalue weighted by molar-refractivity contribution is 1.13. The summed E-state index contributed by atoms with van der Waals surface area (Å²) in [4.78, 5) is 2.13. The van der Waals surface area contributed by atoms with E-state index in [2.05, 4.69) is 216 Å². The van der Waals surface area contributed by atoms with Crippen molar-refractivity contribution in [3.8, 4) is 44.5 Å². The number of anilines is 1. The van der Waals surface area contributed by atoms with Gasteiger partial charge in [-0.15, -0.1) is 0 Å². The molecule has 0 spiro atoms. The number of hydrogen-bond donors (Lipinski definition) is 0. The molecule has 0 aliphatic heterocycles. The highest BCUT2D eigenvalue weighted by atomic mass is 15.1. The molecule has 0 fully saturated rings. The summed E-state index contributed by atoms with van der Waals surface area (Å²) < 4.78 is 0. The minimum absolute atomic E-state index is 0.805. The van der Waals surface area contributed by atoms with Crippen LogP contribution in [0.25, 0.3) is 56.2 Å². The lowest BCUT2D eigenvalue weighted by Crippen LogP contribution is -2.19. The summed E-state index contributed by atoms with van der Waals surface area (Å²) in [6.07, 6.45) is 18.4. The molecule has 0 unspecified atom stereocenters. The number of aryl methyl sites for hydroxylation is 2. The highest BCUT2D eigenvalue weighted by molar-refractivity contribution is 5.86. The molecule has 6 aromatic carbocycles. The van der Waals surface area contributed by atoms with Crippen molar-refractivity contribution in [2.75, 3.05) is 4.90 Å². The van der Waals surface area contributed by atoms with Crippen molar-refractivity contribution < 1.29 is 0 Å². The van der Waals surface area contributed by atoms with Gasteiger partial charge in [0.1, 0.15) is 0 Å². The predicted octanol–water partition coefficient (Wildman–Crippen LogP) is 15.9. The smallest absolute Gasteiger partial charge is 0.0461 e. The van der Waals surface area contributed by atoms with Crippen LogP contribution in [0.3, 0.4) is 0 Å². The Kier molecular flexibility index (Phi) is 13.5. The molecule has 0 aliphatic carbocycles. The van der Waals surface area contributed by atoms with E-state index in [-0.39, 0.29) is 0 Å². The van der Waals surface area contributed by atoms with Crippen LogP contribution in [-0.4, -0.2) is 0 Å². The highest BCUT2D eigenvalue weighted by Crippen LogP contribution is 2.36. The third-order valence-electron chi connectivity index (χ3n) is 10.4. The van der Waals surface area contributed by atoms with Crippen LogP contribution >= 0.6 is 0 Å². The molecule has 0 saturated heterocycles. The van der Waals surface area contributed by atoms with Crippen LogP contribution in [-0.2, 0) is 6.42 Å². The van der Waals surface area contributed by atoms with Crippen molar-refractivity contribution in [1.29, 1.82) is 0 Å². The molecule has 0 aliphatic rings. The number of allylic oxidation sites excluding steroid dienone is 8. The summed E-state index contributed by atoms with van der Waals surface area (Å²) in [5.74, 6) is 0. The molecule has 0 aromatic heterocycles. The van der Waals surface area contributed by atoms with E-state index >= 15 is 0 Å². The first-order valence-electron chi connectivity index (χ1n) is 19.9. The van der Waals surface area contributed by atoms with Crippen LogP contribution in [0.1, 0.15) is 49.4 Å². The van der Waals surface area contributed by atoms with E-state index in [1.807, 2.05) is 18.2 Å². The van der Waals surface area contributed by atoms with E-state index < -0.39 is 0 Å². The minimum atomic E-state index is 0.805. The molecule has 6 aromatic rings. The fourth-order valence-corrected chi connectivity index (χ4v) is 7.19. The summed E-state index contributed by atoms with van der Waals surface area (Å²) in [5, 5.41) is 0. The Hall–Kier alpha value is -6.70. The van der Waals surface area contributed by atoms with Crippen molar-refractivity contribution in [3.63, 3.8) is 0 Å². The standard InChI is InChI=1S/C56H53N/c1-8-12-20-43(7)57(52(11-4)34-27-41(5)48-33-37-54(46-22-16-14-17-23-46)56(39-48)47-24-18-15-19-25-47)53-35-31-45(32-36-53)50-28-26-42(6)55(40-50)51-30-29-44(10-3)49(38-51)21-13-9-2/h8,11-40H,1,4,7,9-10H2,2-3,5-6H3/b20-12-,21-13-,41-27+,52-34+. The van der Waals surface area contributed by atoms with Crippen LogP contribution < -0.4 is 4.90 Å². The average Bonchev–Trinajstić information content (AvgIpc) is 3.26. The van der Waals surface area contributed by atoms with Gasteiger partial charge in [-0.3, -0.25) is 0 Å². The van der Waals surface area contributed by atoms with E-state index in [1.165, 1.54) is 55.6 Å². The van der Waals surface area contributed by atoms with Crippen molar-refractivity contribution in [3.05, 3.63) is 235 Å². The molecule has 0 bridgehead atoms. The molecule has 57 heavy (non-hydrogen) atoms. The zero-order valence-electron chi connectivity index (χ0n) is 33.9. The predicted molar refractivity (Wildman–Crippen MR) is 251 cm³/mol. The normalized spacial score (nSPS) is 11.9. The largest absolute Gasteiger partial charge is 0.311 e. The number of benzene rings is 6. The van der Waals surface area contributed by atoms with Gasteiger partial charge in [-0.05, 0) is 148 Å². The highest BCUT2D eigenvalue weighted by Gasteiger charge is 2.14. The summed E-state index contributed by atoms with van der Waals surface area (Å²) >= 11 is 0. The summed E-state index contributed by atoms with van der Waals surface area (Å²) in [7, 11) is 0. The van der Waals surface area contributed by atoms with Gasteiger partial charge >= 0.3 is 0 Å². The fourth-order valence-electron chi connectivity index (χ4n) is 7.19. The molecular weight excluding hydrogens is 687 g/mol. The Morgan fingerprint density at radius 1 is 0.632 bits per heavy atom. The van der Waals surface area contributed by atoms with Crippen LogP contribution in [0.5, 0.6) is 0 Å². The van der Waals surface area contributed by atoms with Crippen LogP contribution in [0.15, 0.2) is 213 Å². The second kappa shape index (κ2) is 19.2. The van der Waals surface area contributed by atoms with Gasteiger partial charge in [0.05, 0.1) is 0 Å². The SMILES string of the molecule is C=C/C=C\C(=C)N(/C(C=C)=C/C=C(\C)c1ccc(-c2ccccc2)c(-c2ccccc2)c1)c1ccc(-c2ccc(C)c(-c3ccc(CC)c(/C=C\CC)c3)c2)cc1. The Balaban J connectivity index is 1.34. The average molecular weight is 740 g/mol. The van der Waals surface area contributed by atoms with Crippen LogP contribution in [0, 0.1) is 6.92 Å². The van der Waals surface area contributed by atoms with Gasteiger partial charge in [-0.2, -0.15) is 0 Å². The second-order valence-corrected chi connectivity index (χ2v) is 14.2. The quantitative estimate of drug-likeness (QED) is 0.0948. The maximum atomic E-state index is 4.46. The molecule has 1 nitrogen and oxygen atoms in total. The molecular formula is C56H53N. The zero-order chi connectivity index (χ0) is 40.1. The van der Waals surface area contributed by atoms with Crippen molar-refractivity contribution in [2.24, 2.45) is 0 Å². The molecule has 6 rings (SSSR count). The van der Waals surface area contributed by atoms with Crippen LogP contribution in [0.4, 0.5) is 5.69 Å². The van der Waals surface area contributed by atoms with E-state index in [0.717, 1.165) is 46.6 Å². The van der Waals surface area contributed by atoms with Gasteiger partial charge in [-0.25, -0.2) is 0 Å². The summed E-state index contributed by atoms with van der Waals surface area (Å²) in [6.45, 7) is 21.3. The van der Waals surface area contributed by atoms with Gasteiger partial charge < -0.3 is 4.90 Å². The molecule has 0 saturated carbocycles. The molecule has 282 valence electrons. The Bertz CT molecular complexity index is 2470. The van der Waals surface area contributed by atoms with Gasteiger partial charge in [-0.1, -0.05) is 173 Å². The van der Waals surface area contributed by atoms with Crippen molar-refractivity contribution >= 4 is 17.3 Å². The third-order valence-corrected chi connectivity index (χ3v) is 10.4. The molecule has 0 atom stereocenters. The minimum Gasteiger partial charge on any atom is -0.311 e. The number of rotatable bonds is 15. The van der Waals surface area contributed by atoms with Gasteiger partial charge in [0.2, 0.25) is 0 Å². The number of nitrogens with zero attached hydrogens (tertiary/aromatic N) is 1. The van der Waals surface area contributed by atoms with Gasteiger partial charge in [0.25, 0.3) is 0 Å². The maximum absolute atomic E-state index is 4.46. The molecule has 0 amide bonds. The van der Waals surface area contributed by atoms with E-state index in [9.17, 15) is 0 Å². The monoisotopic (exact) mass is 739 g/mol. The first-order valence-corrected chi connectivity index (χ1v) is 19.9. The second-order valence-electron chi connectivity index (χ2n) is 14.2. The third kappa shape index (κ3) is 9.58. The van der Waals surface area contributed by atoms with E-state index in [1.54, 1.807) is 6.08 Å². The van der Waals surface area contributed by atoms with E-state index in [4.69, 9.17) is 0 Å².